The van der Waals surface area contributed by atoms with Crippen molar-refractivity contribution in [2.24, 2.45) is 0 Å². The first-order valence-corrected chi connectivity index (χ1v) is 6.45. The maximum Gasteiger partial charge on any atom is 0.329 e. The van der Waals surface area contributed by atoms with Gasteiger partial charge in [0.2, 0.25) is 0 Å². The molecule has 0 radical (unpaired) electrons. The molecule has 0 aromatic carbocycles. The van der Waals surface area contributed by atoms with Gasteiger partial charge in [-0.2, -0.15) is 4.68 Å². The summed E-state index contributed by atoms with van der Waals surface area (Å²) in [7, 11) is 0. The Kier molecular flexibility index (Phi) is 4.74. The van der Waals surface area contributed by atoms with E-state index in [-0.39, 0.29) is 25.7 Å². The summed E-state index contributed by atoms with van der Waals surface area (Å²) in [6.07, 6.45) is 1.40. The van der Waals surface area contributed by atoms with Crippen LogP contribution >= 0.6 is 11.3 Å². The van der Waals surface area contributed by atoms with E-state index >= 15 is 0 Å². The van der Waals surface area contributed by atoms with E-state index in [9.17, 15) is 9.59 Å². The van der Waals surface area contributed by atoms with E-state index in [4.69, 9.17) is 9.84 Å². The first-order valence-electron chi connectivity index (χ1n) is 5.57. The molecule has 0 aliphatic heterocycles. The molecule has 2 heterocycles. The summed E-state index contributed by atoms with van der Waals surface area (Å²) in [6, 6.07) is 1.73. The van der Waals surface area contributed by atoms with Crippen LogP contribution in [-0.4, -0.2) is 56.9 Å². The molecule has 0 atom stereocenters. The number of aliphatic carboxylic acids is 1. The molecule has 2 aromatic rings. The molecule has 0 bridgehead atoms. The number of ether oxygens (including phenoxy) is 1. The molecule has 0 saturated carbocycles. The fourth-order valence-corrected chi connectivity index (χ4v) is 2.20. The first-order chi connectivity index (χ1) is 9.68. The molecule has 20 heavy (non-hydrogen) atoms. The number of tetrazole rings is 1. The van der Waals surface area contributed by atoms with E-state index in [1.54, 1.807) is 11.4 Å². The fourth-order valence-electron chi connectivity index (χ4n) is 1.40. The second-order valence-corrected chi connectivity index (χ2v) is 4.51. The molecule has 0 aliphatic rings. The molecule has 106 valence electrons. The van der Waals surface area contributed by atoms with Gasteiger partial charge in [0.15, 0.2) is 0 Å². The Balaban J connectivity index is 1.87. The van der Waals surface area contributed by atoms with Crippen molar-refractivity contribution in [3.8, 4) is 5.69 Å². The Morgan fingerprint density at radius 2 is 2.35 bits per heavy atom. The molecule has 2 aromatic heterocycles. The van der Waals surface area contributed by atoms with E-state index in [1.807, 2.05) is 0 Å². The molecule has 9 nitrogen and oxygen atoms in total. The number of nitrogens with one attached hydrogen (secondary N) is 1. The van der Waals surface area contributed by atoms with Crippen LogP contribution in [0.3, 0.4) is 0 Å². The molecular weight excluding hydrogens is 286 g/mol. The summed E-state index contributed by atoms with van der Waals surface area (Å²) in [5.41, 5.74) is 0.587. The van der Waals surface area contributed by atoms with Gasteiger partial charge in [-0.15, -0.1) is 16.4 Å². The Morgan fingerprint density at radius 3 is 3.05 bits per heavy atom. The van der Waals surface area contributed by atoms with Crippen LogP contribution in [0.4, 0.5) is 0 Å². The quantitative estimate of drug-likeness (QED) is 0.664. The fraction of sp³-hybridized carbons (Fsp3) is 0.300. The predicted molar refractivity (Wildman–Crippen MR) is 67.8 cm³/mol. The number of hydrogen-bond donors (Lipinski definition) is 2. The SMILES string of the molecule is O=C(O)COCCNC(=O)c1sccc1-n1cnnn1. The van der Waals surface area contributed by atoms with Crippen LogP contribution in [0.1, 0.15) is 9.67 Å². The lowest BCUT2D eigenvalue weighted by molar-refractivity contribution is -0.142. The van der Waals surface area contributed by atoms with Gasteiger partial charge in [0.05, 0.1) is 12.3 Å². The Bertz CT molecular complexity index is 582. The summed E-state index contributed by atoms with van der Waals surface area (Å²) in [6.45, 7) is -0.0343. The summed E-state index contributed by atoms with van der Waals surface area (Å²) < 4.78 is 6.21. The average Bonchev–Trinajstić information content (AvgIpc) is 3.08. The third kappa shape index (κ3) is 3.59. The zero-order valence-corrected chi connectivity index (χ0v) is 11.0. The number of thiophene rings is 1. The highest BCUT2D eigenvalue weighted by atomic mass is 32.1. The van der Waals surface area contributed by atoms with Gasteiger partial charge in [0, 0.05) is 6.54 Å². The van der Waals surface area contributed by atoms with Gasteiger partial charge in [-0.25, -0.2) is 4.79 Å². The van der Waals surface area contributed by atoms with E-state index in [2.05, 4.69) is 20.8 Å². The second-order valence-electron chi connectivity index (χ2n) is 3.59. The Labute approximate surface area is 117 Å². The van der Waals surface area contributed by atoms with Crippen molar-refractivity contribution in [2.45, 2.75) is 0 Å². The van der Waals surface area contributed by atoms with E-state index in [1.165, 1.54) is 22.3 Å². The third-order valence-corrected chi connectivity index (χ3v) is 3.11. The monoisotopic (exact) mass is 297 g/mol. The minimum Gasteiger partial charge on any atom is -0.480 e. The summed E-state index contributed by atoms with van der Waals surface area (Å²) in [4.78, 5) is 22.7. The topological polar surface area (TPSA) is 119 Å². The zero-order valence-electron chi connectivity index (χ0n) is 10.2. The van der Waals surface area contributed by atoms with Crippen LogP contribution in [0.15, 0.2) is 17.8 Å². The number of amides is 1. The normalized spacial score (nSPS) is 10.4. The van der Waals surface area contributed by atoms with Gasteiger partial charge in [-0.1, -0.05) is 0 Å². The Morgan fingerprint density at radius 1 is 1.50 bits per heavy atom. The lowest BCUT2D eigenvalue weighted by Crippen LogP contribution is -2.28. The van der Waals surface area contributed by atoms with Crippen molar-refractivity contribution in [1.82, 2.24) is 25.5 Å². The van der Waals surface area contributed by atoms with E-state index < -0.39 is 5.97 Å². The number of nitrogens with zero attached hydrogens (tertiary/aromatic N) is 4. The number of hydrogen-bond acceptors (Lipinski definition) is 7. The molecule has 1 amide bonds. The first kappa shape index (κ1) is 14.1. The van der Waals surface area contributed by atoms with Crippen molar-refractivity contribution in [3.05, 3.63) is 22.7 Å². The molecule has 0 saturated heterocycles. The lowest BCUT2D eigenvalue weighted by Gasteiger charge is -2.05. The molecule has 10 heteroatoms. The minimum absolute atomic E-state index is 0.129. The van der Waals surface area contributed by atoms with Crippen LogP contribution in [0, 0.1) is 0 Å². The zero-order chi connectivity index (χ0) is 14.4. The van der Waals surface area contributed by atoms with Gasteiger partial charge in [0.1, 0.15) is 17.8 Å². The van der Waals surface area contributed by atoms with Gasteiger partial charge >= 0.3 is 5.97 Å². The van der Waals surface area contributed by atoms with Crippen LogP contribution < -0.4 is 5.32 Å². The van der Waals surface area contributed by atoms with Crippen LogP contribution in [-0.2, 0) is 9.53 Å². The maximum atomic E-state index is 12.0. The second kappa shape index (κ2) is 6.73. The number of carboxylic acids is 1. The summed E-state index contributed by atoms with van der Waals surface area (Å²) in [5, 5.41) is 23.5. The van der Waals surface area contributed by atoms with Crippen molar-refractivity contribution >= 4 is 23.2 Å². The lowest BCUT2D eigenvalue weighted by atomic mass is 10.3. The largest absolute Gasteiger partial charge is 0.480 e. The molecule has 2 N–H and O–H groups in total. The molecule has 0 fully saturated rings. The molecular formula is C10H11N5O4S. The van der Waals surface area contributed by atoms with Crippen molar-refractivity contribution in [3.63, 3.8) is 0 Å². The van der Waals surface area contributed by atoms with Gasteiger partial charge in [-0.3, -0.25) is 4.79 Å². The third-order valence-electron chi connectivity index (χ3n) is 2.20. The summed E-state index contributed by atoms with van der Waals surface area (Å²) >= 11 is 1.26. The average molecular weight is 297 g/mol. The van der Waals surface area contributed by atoms with Crippen molar-refractivity contribution < 1.29 is 19.4 Å². The Hall–Kier alpha value is -2.33. The molecule has 0 aliphatic carbocycles. The van der Waals surface area contributed by atoms with E-state index in [0.717, 1.165) is 0 Å². The smallest absolute Gasteiger partial charge is 0.329 e. The van der Waals surface area contributed by atoms with Gasteiger partial charge in [-0.05, 0) is 21.9 Å². The van der Waals surface area contributed by atoms with Gasteiger partial charge in [0.25, 0.3) is 5.91 Å². The predicted octanol–water partition coefficient (Wildman–Crippen LogP) is -0.445. The number of carbonyl (C=O) groups is 2. The number of aromatic nitrogens is 4. The van der Waals surface area contributed by atoms with E-state index in [0.29, 0.717) is 10.6 Å². The highest BCUT2D eigenvalue weighted by Crippen LogP contribution is 2.19. The standard InChI is InChI=1S/C10H11N5O4S/c16-8(17)5-19-3-2-11-10(18)9-7(1-4-20-9)15-6-12-13-14-15/h1,4,6H,2-3,5H2,(H,11,18)(H,16,17). The summed E-state index contributed by atoms with van der Waals surface area (Å²) in [5.74, 6) is -1.33. The number of carbonyl (C=O) groups excluding carboxylic acids is 1. The van der Waals surface area contributed by atoms with Crippen LogP contribution in [0.25, 0.3) is 5.69 Å². The molecule has 0 unspecified atom stereocenters. The van der Waals surface area contributed by atoms with Crippen LogP contribution in [0.2, 0.25) is 0 Å². The van der Waals surface area contributed by atoms with Gasteiger partial charge < -0.3 is 15.2 Å². The number of carboxylic acid groups (broad SMARTS) is 1. The van der Waals surface area contributed by atoms with Crippen molar-refractivity contribution in [1.29, 1.82) is 0 Å². The van der Waals surface area contributed by atoms with Crippen LogP contribution in [0.5, 0.6) is 0 Å². The number of rotatable bonds is 7. The maximum absolute atomic E-state index is 12.0. The highest BCUT2D eigenvalue weighted by Gasteiger charge is 2.15. The minimum atomic E-state index is -1.05. The molecule has 0 spiro atoms. The van der Waals surface area contributed by atoms with Crippen molar-refractivity contribution in [2.75, 3.05) is 19.8 Å². The highest BCUT2D eigenvalue weighted by molar-refractivity contribution is 7.12. The molecule has 2 rings (SSSR count).